The molecule has 6 nitrogen and oxygen atoms in total. The van der Waals surface area contributed by atoms with Crippen LogP contribution in [0.3, 0.4) is 0 Å². The summed E-state index contributed by atoms with van der Waals surface area (Å²) in [7, 11) is 0. The first-order valence-corrected chi connectivity index (χ1v) is 10.4. The molecule has 0 aliphatic carbocycles. The lowest BCUT2D eigenvalue weighted by molar-refractivity contribution is -0.139. The van der Waals surface area contributed by atoms with Gasteiger partial charge in [0.25, 0.3) is 0 Å². The molecular formula is C22H30N4O2. The molecule has 1 aromatic carbocycles. The normalized spacial score (nSPS) is 20.2. The minimum absolute atomic E-state index is 0.171. The van der Waals surface area contributed by atoms with E-state index in [9.17, 15) is 4.79 Å². The molecule has 2 aromatic rings. The number of piperazine rings is 1. The third-order valence-electron chi connectivity index (χ3n) is 5.85. The highest BCUT2D eigenvalue weighted by Gasteiger charge is 2.33. The molecule has 28 heavy (non-hydrogen) atoms. The highest BCUT2D eigenvalue weighted by atomic mass is 16.5. The van der Waals surface area contributed by atoms with E-state index in [0.29, 0.717) is 0 Å². The summed E-state index contributed by atoms with van der Waals surface area (Å²) >= 11 is 0. The molecule has 4 rings (SSSR count). The highest BCUT2D eigenvalue weighted by molar-refractivity contribution is 5.83. The van der Waals surface area contributed by atoms with Crippen molar-refractivity contribution in [3.8, 4) is 0 Å². The minimum Gasteiger partial charge on any atom is -0.361 e. The smallest absolute Gasteiger partial charge is 0.244 e. The SMILES string of the molecule is Cc1cc(CN2CCN(C(C(=O)N3CCCCC3)c3ccccc3)CC2)no1. The van der Waals surface area contributed by atoms with Crippen LogP contribution in [-0.2, 0) is 11.3 Å². The largest absolute Gasteiger partial charge is 0.361 e. The predicted molar refractivity (Wildman–Crippen MR) is 108 cm³/mol. The average Bonchev–Trinajstić information content (AvgIpc) is 3.15. The fraction of sp³-hybridized carbons (Fsp3) is 0.545. The van der Waals surface area contributed by atoms with Crippen LogP contribution in [0.1, 0.15) is 42.3 Å². The maximum atomic E-state index is 13.4. The summed E-state index contributed by atoms with van der Waals surface area (Å²) in [6.45, 7) is 8.16. The number of benzene rings is 1. The highest BCUT2D eigenvalue weighted by Crippen LogP contribution is 2.26. The molecule has 1 unspecified atom stereocenters. The van der Waals surface area contributed by atoms with Crippen molar-refractivity contribution in [1.82, 2.24) is 19.9 Å². The molecule has 1 atom stereocenters. The van der Waals surface area contributed by atoms with Crippen molar-refractivity contribution >= 4 is 5.91 Å². The van der Waals surface area contributed by atoms with Crippen LogP contribution in [0.15, 0.2) is 40.9 Å². The van der Waals surface area contributed by atoms with Crippen molar-refractivity contribution in [3.63, 3.8) is 0 Å². The molecule has 0 N–H and O–H groups in total. The molecule has 2 fully saturated rings. The van der Waals surface area contributed by atoms with Gasteiger partial charge in [-0.25, -0.2) is 0 Å². The molecule has 1 aromatic heterocycles. The molecule has 2 aliphatic rings. The number of aryl methyl sites for hydroxylation is 1. The molecule has 150 valence electrons. The fourth-order valence-electron chi connectivity index (χ4n) is 4.33. The lowest BCUT2D eigenvalue weighted by Gasteiger charge is -2.41. The van der Waals surface area contributed by atoms with Crippen LogP contribution >= 0.6 is 0 Å². The first-order chi connectivity index (χ1) is 13.7. The summed E-state index contributed by atoms with van der Waals surface area (Å²) in [5.74, 6) is 1.12. The Bertz CT molecular complexity index is 762. The first kappa shape index (κ1) is 19.2. The van der Waals surface area contributed by atoms with Gasteiger partial charge in [0.2, 0.25) is 5.91 Å². The standard InChI is InChI=1S/C22H30N4O2/c1-18-16-20(23-28-18)17-24-12-14-25(15-13-24)21(19-8-4-2-5-9-19)22(27)26-10-6-3-7-11-26/h2,4-5,8-9,16,21H,3,6-7,10-15,17H2,1H3. The number of aromatic nitrogens is 1. The van der Waals surface area contributed by atoms with Crippen LogP contribution in [0, 0.1) is 6.92 Å². The van der Waals surface area contributed by atoms with E-state index in [1.807, 2.05) is 31.2 Å². The molecular weight excluding hydrogens is 352 g/mol. The Hall–Kier alpha value is -2.18. The Kier molecular flexibility index (Phi) is 6.07. The van der Waals surface area contributed by atoms with E-state index in [0.717, 1.165) is 75.7 Å². The second-order valence-electron chi connectivity index (χ2n) is 7.94. The Morgan fingerprint density at radius 3 is 2.39 bits per heavy atom. The number of carbonyl (C=O) groups excluding carboxylic acids is 1. The maximum Gasteiger partial charge on any atom is 0.244 e. The average molecular weight is 383 g/mol. The van der Waals surface area contributed by atoms with Gasteiger partial charge in [-0.2, -0.15) is 0 Å². The maximum absolute atomic E-state index is 13.4. The summed E-state index contributed by atoms with van der Waals surface area (Å²) < 4.78 is 5.18. The summed E-state index contributed by atoms with van der Waals surface area (Å²) in [5, 5.41) is 4.11. The van der Waals surface area contributed by atoms with Crippen molar-refractivity contribution in [2.45, 2.75) is 38.8 Å². The Morgan fingerprint density at radius 1 is 1.04 bits per heavy atom. The Labute approximate surface area is 167 Å². The number of nitrogens with zero attached hydrogens (tertiary/aromatic N) is 4. The number of hydrogen-bond acceptors (Lipinski definition) is 5. The number of likely N-dealkylation sites (tertiary alicyclic amines) is 1. The topological polar surface area (TPSA) is 52.8 Å². The predicted octanol–water partition coefficient (Wildman–Crippen LogP) is 2.85. The molecule has 1 amide bonds. The zero-order valence-electron chi connectivity index (χ0n) is 16.7. The minimum atomic E-state index is -0.171. The summed E-state index contributed by atoms with van der Waals surface area (Å²) in [5.41, 5.74) is 2.09. The van der Waals surface area contributed by atoms with Gasteiger partial charge in [0.1, 0.15) is 11.8 Å². The van der Waals surface area contributed by atoms with E-state index in [1.165, 1.54) is 6.42 Å². The molecule has 6 heteroatoms. The van der Waals surface area contributed by atoms with Crippen molar-refractivity contribution in [1.29, 1.82) is 0 Å². The summed E-state index contributed by atoms with van der Waals surface area (Å²) in [6.07, 6.45) is 3.48. The molecule has 3 heterocycles. The van der Waals surface area contributed by atoms with Crippen LogP contribution < -0.4 is 0 Å². The number of piperidine rings is 1. The number of amides is 1. The van der Waals surface area contributed by atoms with Gasteiger partial charge in [-0.15, -0.1) is 0 Å². The van der Waals surface area contributed by atoms with Gasteiger partial charge >= 0.3 is 0 Å². The van der Waals surface area contributed by atoms with Gasteiger partial charge in [-0.3, -0.25) is 14.6 Å². The quantitative estimate of drug-likeness (QED) is 0.796. The van der Waals surface area contributed by atoms with Gasteiger partial charge in [0.05, 0.1) is 5.69 Å². The van der Waals surface area contributed by atoms with E-state index in [-0.39, 0.29) is 11.9 Å². The van der Waals surface area contributed by atoms with Gasteiger partial charge in [-0.05, 0) is 31.7 Å². The van der Waals surface area contributed by atoms with Crippen LogP contribution in [0.5, 0.6) is 0 Å². The summed E-state index contributed by atoms with van der Waals surface area (Å²) in [6, 6.07) is 12.1. The van der Waals surface area contributed by atoms with E-state index < -0.39 is 0 Å². The number of hydrogen-bond donors (Lipinski definition) is 0. The third kappa shape index (κ3) is 4.45. The monoisotopic (exact) mass is 382 g/mol. The van der Waals surface area contributed by atoms with E-state index in [2.05, 4.69) is 32.0 Å². The van der Waals surface area contributed by atoms with Crippen LogP contribution in [0.4, 0.5) is 0 Å². The van der Waals surface area contributed by atoms with Crippen LogP contribution in [0.25, 0.3) is 0 Å². The van der Waals surface area contributed by atoms with Gasteiger partial charge in [0.15, 0.2) is 0 Å². The Morgan fingerprint density at radius 2 is 1.75 bits per heavy atom. The fourth-order valence-corrected chi connectivity index (χ4v) is 4.33. The lowest BCUT2D eigenvalue weighted by atomic mass is 10.0. The summed E-state index contributed by atoms with van der Waals surface area (Å²) in [4.78, 5) is 20.2. The molecule has 2 aliphatic heterocycles. The molecule has 0 saturated carbocycles. The number of carbonyl (C=O) groups is 1. The first-order valence-electron chi connectivity index (χ1n) is 10.4. The Balaban J connectivity index is 1.44. The molecule has 0 spiro atoms. The van der Waals surface area contributed by atoms with Crippen LogP contribution in [0.2, 0.25) is 0 Å². The van der Waals surface area contributed by atoms with E-state index in [4.69, 9.17) is 4.52 Å². The second-order valence-corrected chi connectivity index (χ2v) is 7.94. The van der Waals surface area contributed by atoms with Crippen molar-refractivity contribution in [2.75, 3.05) is 39.3 Å². The van der Waals surface area contributed by atoms with Gasteiger partial charge in [0, 0.05) is 51.9 Å². The van der Waals surface area contributed by atoms with Gasteiger partial charge in [-0.1, -0.05) is 35.5 Å². The third-order valence-corrected chi connectivity index (χ3v) is 5.85. The van der Waals surface area contributed by atoms with Crippen LogP contribution in [-0.4, -0.2) is 65.0 Å². The van der Waals surface area contributed by atoms with Crippen molar-refractivity contribution in [2.24, 2.45) is 0 Å². The number of rotatable bonds is 5. The van der Waals surface area contributed by atoms with Crippen molar-refractivity contribution in [3.05, 3.63) is 53.4 Å². The zero-order valence-corrected chi connectivity index (χ0v) is 16.7. The molecule has 0 bridgehead atoms. The zero-order chi connectivity index (χ0) is 19.3. The lowest BCUT2D eigenvalue weighted by Crippen LogP contribution is -2.52. The molecule has 2 saturated heterocycles. The second kappa shape index (κ2) is 8.88. The van der Waals surface area contributed by atoms with E-state index in [1.54, 1.807) is 0 Å². The van der Waals surface area contributed by atoms with E-state index >= 15 is 0 Å². The van der Waals surface area contributed by atoms with Crippen molar-refractivity contribution < 1.29 is 9.32 Å². The molecule has 0 radical (unpaired) electrons. The van der Waals surface area contributed by atoms with Gasteiger partial charge < -0.3 is 9.42 Å².